The molecule has 0 aliphatic rings. The number of rotatable bonds is 4. The molecule has 0 saturated carbocycles. The topological polar surface area (TPSA) is 38.3 Å². The average molecular weight is 227 g/mol. The Labute approximate surface area is 87.0 Å². The molecule has 0 aromatic rings. The molecule has 0 radical (unpaired) electrons. The number of hydrogen-bond acceptors (Lipinski definition) is 3. The Bertz CT molecular complexity index is 228. The lowest BCUT2D eigenvalue weighted by atomic mass is 9.88. The fourth-order valence-electron chi connectivity index (χ4n) is 1.01. The van der Waals surface area contributed by atoms with Gasteiger partial charge < -0.3 is 4.74 Å². The summed E-state index contributed by atoms with van der Waals surface area (Å²) in [6, 6.07) is 0. The maximum atomic E-state index is 12.0. The summed E-state index contributed by atoms with van der Waals surface area (Å²) in [5.74, 6) is -0.992. The van der Waals surface area contributed by atoms with Gasteiger partial charge in [0.25, 0.3) is 0 Å². The molecule has 0 aliphatic heterocycles. The number of esters is 1. The second kappa shape index (κ2) is 4.83. The largest absolute Gasteiger partial charge is 0.468 e. The van der Waals surface area contributed by atoms with Crippen molar-refractivity contribution in [2.75, 3.05) is 13.7 Å². The van der Waals surface area contributed by atoms with Gasteiger partial charge in [-0.3, -0.25) is 10.1 Å². The highest BCUT2D eigenvalue weighted by atomic mass is 19.4. The van der Waals surface area contributed by atoms with E-state index in [0.29, 0.717) is 0 Å². The van der Waals surface area contributed by atoms with Crippen molar-refractivity contribution in [2.24, 2.45) is 5.92 Å². The molecule has 0 rings (SSSR count). The van der Waals surface area contributed by atoms with E-state index >= 15 is 0 Å². The molecular weight excluding hydrogens is 211 g/mol. The minimum Gasteiger partial charge on any atom is -0.468 e. The Kier molecular flexibility index (Phi) is 4.58. The summed E-state index contributed by atoms with van der Waals surface area (Å²) in [7, 11) is 1.15. The first-order chi connectivity index (χ1) is 6.63. The lowest BCUT2D eigenvalue weighted by Gasteiger charge is -2.32. The van der Waals surface area contributed by atoms with Gasteiger partial charge in [-0.15, -0.1) is 0 Å². The molecule has 0 aromatic heterocycles. The van der Waals surface area contributed by atoms with E-state index in [0.717, 1.165) is 7.11 Å². The molecule has 0 aromatic carbocycles. The Morgan fingerprint density at radius 2 is 1.87 bits per heavy atom. The maximum absolute atomic E-state index is 12.0. The highest BCUT2D eigenvalue weighted by Crippen LogP contribution is 2.21. The van der Waals surface area contributed by atoms with Crippen LogP contribution in [0.4, 0.5) is 13.2 Å². The van der Waals surface area contributed by atoms with Gasteiger partial charge in [-0.2, -0.15) is 13.2 Å². The van der Waals surface area contributed by atoms with Crippen LogP contribution in [-0.4, -0.2) is 31.3 Å². The van der Waals surface area contributed by atoms with Gasteiger partial charge in [0, 0.05) is 0 Å². The molecular formula is C9H16F3NO2. The molecule has 0 amide bonds. The van der Waals surface area contributed by atoms with Crippen molar-refractivity contribution in [2.45, 2.75) is 32.5 Å². The second-order valence-electron chi connectivity index (χ2n) is 3.82. The van der Waals surface area contributed by atoms with Crippen LogP contribution in [0.15, 0.2) is 0 Å². The van der Waals surface area contributed by atoms with E-state index in [9.17, 15) is 18.0 Å². The summed E-state index contributed by atoms with van der Waals surface area (Å²) in [4.78, 5) is 11.3. The van der Waals surface area contributed by atoms with E-state index in [4.69, 9.17) is 0 Å². The number of halogens is 3. The first-order valence-corrected chi connectivity index (χ1v) is 4.53. The summed E-state index contributed by atoms with van der Waals surface area (Å²) in [5.41, 5.74) is -1.32. The third-order valence-corrected chi connectivity index (χ3v) is 2.42. The summed E-state index contributed by atoms with van der Waals surface area (Å²) in [6.45, 7) is 3.49. The van der Waals surface area contributed by atoms with E-state index in [1.165, 1.54) is 6.92 Å². The number of nitrogens with one attached hydrogen (secondary N) is 1. The molecule has 3 nitrogen and oxygen atoms in total. The molecule has 1 atom stereocenters. The number of hydrogen-bond donors (Lipinski definition) is 1. The highest BCUT2D eigenvalue weighted by molar-refractivity contribution is 5.80. The Morgan fingerprint density at radius 3 is 2.13 bits per heavy atom. The first kappa shape index (κ1) is 14.2. The normalized spacial score (nSPS) is 16.3. The molecule has 0 saturated heterocycles. The van der Waals surface area contributed by atoms with E-state index in [2.05, 4.69) is 10.1 Å². The third-order valence-electron chi connectivity index (χ3n) is 2.42. The van der Waals surface area contributed by atoms with Crippen molar-refractivity contribution in [3.8, 4) is 0 Å². The SMILES string of the molecule is COC(=O)C(C)(NCC(F)(F)F)C(C)C. The van der Waals surface area contributed by atoms with Gasteiger partial charge >= 0.3 is 12.1 Å². The Hall–Kier alpha value is -0.780. The van der Waals surface area contributed by atoms with Crippen LogP contribution < -0.4 is 5.32 Å². The maximum Gasteiger partial charge on any atom is 0.401 e. The van der Waals surface area contributed by atoms with Crippen molar-refractivity contribution in [3.63, 3.8) is 0 Å². The minimum atomic E-state index is -4.34. The fourth-order valence-corrected chi connectivity index (χ4v) is 1.01. The number of alkyl halides is 3. The van der Waals surface area contributed by atoms with Crippen LogP contribution in [0.2, 0.25) is 0 Å². The molecule has 0 spiro atoms. The van der Waals surface area contributed by atoms with Gasteiger partial charge in [-0.25, -0.2) is 0 Å². The monoisotopic (exact) mass is 227 g/mol. The van der Waals surface area contributed by atoms with Crippen LogP contribution in [-0.2, 0) is 9.53 Å². The van der Waals surface area contributed by atoms with Crippen molar-refractivity contribution < 1.29 is 22.7 Å². The smallest absolute Gasteiger partial charge is 0.401 e. The number of ether oxygens (including phenoxy) is 1. The Balaban J connectivity index is 4.61. The fraction of sp³-hybridized carbons (Fsp3) is 0.889. The summed E-state index contributed by atoms with van der Waals surface area (Å²) in [5, 5.41) is 2.19. The molecule has 0 aliphatic carbocycles. The third kappa shape index (κ3) is 4.07. The summed E-state index contributed by atoms with van der Waals surface area (Å²) in [6.07, 6.45) is -4.34. The van der Waals surface area contributed by atoms with Crippen molar-refractivity contribution >= 4 is 5.97 Å². The Morgan fingerprint density at radius 1 is 1.40 bits per heavy atom. The zero-order valence-electron chi connectivity index (χ0n) is 9.23. The predicted molar refractivity (Wildman–Crippen MR) is 49.3 cm³/mol. The van der Waals surface area contributed by atoms with Crippen LogP contribution in [0.5, 0.6) is 0 Å². The number of carbonyl (C=O) groups is 1. The highest BCUT2D eigenvalue weighted by Gasteiger charge is 2.40. The number of methoxy groups -OCH3 is 1. The lowest BCUT2D eigenvalue weighted by Crippen LogP contribution is -2.56. The quantitative estimate of drug-likeness (QED) is 0.743. The minimum absolute atomic E-state index is 0.299. The van der Waals surface area contributed by atoms with Crippen molar-refractivity contribution in [1.82, 2.24) is 5.32 Å². The van der Waals surface area contributed by atoms with E-state index in [1.54, 1.807) is 13.8 Å². The van der Waals surface area contributed by atoms with Crippen LogP contribution in [0.1, 0.15) is 20.8 Å². The predicted octanol–water partition coefficient (Wildman–Crippen LogP) is 1.73. The molecule has 6 heteroatoms. The van der Waals surface area contributed by atoms with Gasteiger partial charge in [0.05, 0.1) is 13.7 Å². The lowest BCUT2D eigenvalue weighted by molar-refractivity contribution is -0.155. The molecule has 90 valence electrons. The summed E-state index contributed by atoms with van der Waals surface area (Å²) >= 11 is 0. The second-order valence-corrected chi connectivity index (χ2v) is 3.82. The summed E-state index contributed by atoms with van der Waals surface area (Å²) < 4.78 is 40.5. The molecule has 15 heavy (non-hydrogen) atoms. The molecule has 0 heterocycles. The van der Waals surface area contributed by atoms with Crippen molar-refractivity contribution in [3.05, 3.63) is 0 Å². The van der Waals surface area contributed by atoms with Gasteiger partial charge in [0.15, 0.2) is 0 Å². The van der Waals surface area contributed by atoms with Crippen LogP contribution in [0.3, 0.4) is 0 Å². The van der Waals surface area contributed by atoms with Crippen LogP contribution >= 0.6 is 0 Å². The van der Waals surface area contributed by atoms with E-state index in [1.807, 2.05) is 0 Å². The first-order valence-electron chi connectivity index (χ1n) is 4.53. The molecule has 1 unspecified atom stereocenters. The van der Waals surface area contributed by atoms with Crippen LogP contribution in [0, 0.1) is 5.92 Å². The van der Waals surface area contributed by atoms with Crippen LogP contribution in [0.25, 0.3) is 0 Å². The van der Waals surface area contributed by atoms with E-state index in [-0.39, 0.29) is 5.92 Å². The van der Waals surface area contributed by atoms with Gasteiger partial charge in [0.2, 0.25) is 0 Å². The average Bonchev–Trinajstić information content (AvgIpc) is 2.11. The molecule has 0 bridgehead atoms. The zero-order chi connectivity index (χ0) is 12.3. The van der Waals surface area contributed by atoms with Crippen molar-refractivity contribution in [1.29, 1.82) is 0 Å². The standard InChI is InChI=1S/C9H16F3NO2/c1-6(2)8(3,7(14)15-4)13-5-9(10,11)12/h6,13H,5H2,1-4H3. The van der Waals surface area contributed by atoms with Gasteiger partial charge in [0.1, 0.15) is 5.54 Å². The van der Waals surface area contributed by atoms with E-state index < -0.39 is 24.2 Å². The van der Waals surface area contributed by atoms with Gasteiger partial charge in [-0.05, 0) is 12.8 Å². The number of carbonyl (C=O) groups excluding carboxylic acids is 1. The molecule has 0 fully saturated rings. The van der Waals surface area contributed by atoms with Gasteiger partial charge in [-0.1, -0.05) is 13.8 Å². The zero-order valence-corrected chi connectivity index (χ0v) is 9.23. The molecule has 1 N–H and O–H groups in total.